The molecule has 1 aromatic heterocycles. The van der Waals surface area contributed by atoms with Crippen molar-refractivity contribution in [1.82, 2.24) is 0 Å². The molecule has 3 atom stereocenters. The summed E-state index contributed by atoms with van der Waals surface area (Å²) in [5, 5.41) is 0. The van der Waals surface area contributed by atoms with Gasteiger partial charge in [0.1, 0.15) is 0 Å². The summed E-state index contributed by atoms with van der Waals surface area (Å²) in [6.45, 7) is 0. The Bertz CT molecular complexity index is 478. The first-order valence-corrected chi connectivity index (χ1v) is 8.78. The minimum Gasteiger partial charge on any atom is -0.293 e. The molecule has 19 heavy (non-hydrogen) atoms. The smallest absolute Gasteiger partial charge is 0.176 e. The van der Waals surface area contributed by atoms with Crippen molar-refractivity contribution in [3.05, 3.63) is 21.4 Å². The molecule has 0 spiro atoms. The first kappa shape index (κ1) is 12.1. The highest BCUT2D eigenvalue weighted by molar-refractivity contribution is 7.14. The molecule has 0 radical (unpaired) electrons. The molecule has 0 amide bonds. The Morgan fingerprint density at radius 2 is 2.00 bits per heavy atom. The van der Waals surface area contributed by atoms with Crippen molar-refractivity contribution < 1.29 is 4.79 Å². The van der Waals surface area contributed by atoms with Gasteiger partial charge in [-0.15, -0.1) is 11.3 Å². The maximum atomic E-state index is 12.8. The molecule has 1 aromatic rings. The van der Waals surface area contributed by atoms with Gasteiger partial charge >= 0.3 is 0 Å². The molecule has 3 aliphatic rings. The van der Waals surface area contributed by atoms with E-state index in [0.29, 0.717) is 11.7 Å². The van der Waals surface area contributed by atoms with Gasteiger partial charge in [-0.25, -0.2) is 0 Å². The Balaban J connectivity index is 1.57. The van der Waals surface area contributed by atoms with E-state index in [1.807, 2.05) is 11.3 Å². The van der Waals surface area contributed by atoms with Crippen molar-refractivity contribution in [3.8, 4) is 0 Å². The number of ketones is 1. The van der Waals surface area contributed by atoms with Crippen molar-refractivity contribution in [1.29, 1.82) is 0 Å². The lowest BCUT2D eigenvalue weighted by atomic mass is 9.85. The lowest BCUT2D eigenvalue weighted by Gasteiger charge is -2.19. The second kappa shape index (κ2) is 4.73. The van der Waals surface area contributed by atoms with E-state index in [4.69, 9.17) is 0 Å². The molecular weight excluding hydrogens is 252 g/mol. The minimum absolute atomic E-state index is 0.376. The van der Waals surface area contributed by atoms with Crippen LogP contribution in [0.15, 0.2) is 6.07 Å². The van der Waals surface area contributed by atoms with E-state index < -0.39 is 0 Å². The molecule has 3 aliphatic carbocycles. The number of Topliss-reactive ketones (excluding diaryl/α,β-unsaturated/α-hetero) is 1. The summed E-state index contributed by atoms with van der Waals surface area (Å²) in [6, 6.07) is 2.25. The van der Waals surface area contributed by atoms with E-state index in [-0.39, 0.29) is 0 Å². The average molecular weight is 274 g/mol. The molecule has 0 saturated heterocycles. The monoisotopic (exact) mass is 274 g/mol. The topological polar surface area (TPSA) is 17.1 Å². The number of hydrogen-bond acceptors (Lipinski definition) is 2. The Hall–Kier alpha value is -0.630. The summed E-state index contributed by atoms with van der Waals surface area (Å²) in [4.78, 5) is 15.4. The molecule has 2 bridgehead atoms. The van der Waals surface area contributed by atoms with Gasteiger partial charge in [-0.05, 0) is 68.4 Å². The third-order valence-electron chi connectivity index (χ3n) is 5.56. The summed E-state index contributed by atoms with van der Waals surface area (Å²) < 4.78 is 0. The van der Waals surface area contributed by atoms with E-state index in [0.717, 1.165) is 16.7 Å². The molecule has 1 nitrogen and oxygen atoms in total. The normalized spacial score (nSPS) is 33.2. The minimum atomic E-state index is 0.376. The average Bonchev–Trinajstić information content (AvgIpc) is 3.10. The van der Waals surface area contributed by atoms with Gasteiger partial charge in [-0.3, -0.25) is 4.79 Å². The number of carbonyl (C=O) groups excluding carboxylic acids is 1. The second-order valence-corrected chi connectivity index (χ2v) is 7.90. The molecular formula is C17H22OS. The molecule has 2 saturated carbocycles. The first-order valence-electron chi connectivity index (χ1n) is 7.97. The number of carbonyl (C=O) groups is 1. The number of aryl methyl sites for hydroxylation is 2. The lowest BCUT2D eigenvalue weighted by Crippen LogP contribution is -2.20. The second-order valence-electron chi connectivity index (χ2n) is 6.77. The van der Waals surface area contributed by atoms with Crippen LogP contribution in [-0.2, 0) is 12.8 Å². The molecule has 2 heteroatoms. The molecule has 2 fully saturated rings. The zero-order chi connectivity index (χ0) is 12.8. The Morgan fingerprint density at radius 3 is 2.79 bits per heavy atom. The van der Waals surface area contributed by atoms with Gasteiger partial charge in [0.25, 0.3) is 0 Å². The Labute approximate surface area is 119 Å². The van der Waals surface area contributed by atoms with Crippen molar-refractivity contribution in [2.75, 3.05) is 0 Å². The molecule has 3 unspecified atom stereocenters. The zero-order valence-electron chi connectivity index (χ0n) is 11.5. The molecule has 0 N–H and O–H groups in total. The van der Waals surface area contributed by atoms with Crippen molar-refractivity contribution >= 4 is 17.1 Å². The van der Waals surface area contributed by atoms with Gasteiger partial charge in [-0.1, -0.05) is 12.8 Å². The fourth-order valence-corrected chi connectivity index (χ4v) is 5.79. The first-order chi connectivity index (χ1) is 9.31. The van der Waals surface area contributed by atoms with E-state index in [1.165, 1.54) is 68.2 Å². The van der Waals surface area contributed by atoms with Crippen LogP contribution in [-0.4, -0.2) is 5.78 Å². The Kier molecular flexibility index (Phi) is 3.02. The van der Waals surface area contributed by atoms with Crippen LogP contribution in [0.2, 0.25) is 0 Å². The highest BCUT2D eigenvalue weighted by Crippen LogP contribution is 2.49. The van der Waals surface area contributed by atoms with Crippen LogP contribution < -0.4 is 0 Å². The van der Waals surface area contributed by atoms with Crippen LogP contribution >= 0.6 is 11.3 Å². The van der Waals surface area contributed by atoms with Gasteiger partial charge < -0.3 is 0 Å². The lowest BCUT2D eigenvalue weighted by molar-refractivity contribution is 0.0879. The zero-order valence-corrected chi connectivity index (χ0v) is 12.3. The van der Waals surface area contributed by atoms with Crippen molar-refractivity contribution in [2.24, 2.45) is 17.8 Å². The predicted molar refractivity (Wildman–Crippen MR) is 78.8 cm³/mol. The third-order valence-corrected chi connectivity index (χ3v) is 6.82. The maximum absolute atomic E-state index is 12.8. The van der Waals surface area contributed by atoms with E-state index in [1.54, 1.807) is 0 Å². The van der Waals surface area contributed by atoms with Crippen LogP contribution in [0.25, 0.3) is 0 Å². The summed E-state index contributed by atoms with van der Waals surface area (Å²) in [5.41, 5.74) is 1.49. The van der Waals surface area contributed by atoms with Crippen LogP contribution in [0.5, 0.6) is 0 Å². The summed E-state index contributed by atoms with van der Waals surface area (Å²) in [6.07, 6.45) is 11.6. The van der Waals surface area contributed by atoms with Gasteiger partial charge in [0.2, 0.25) is 0 Å². The van der Waals surface area contributed by atoms with Crippen LogP contribution in [0, 0.1) is 17.8 Å². The molecule has 0 aliphatic heterocycles. The van der Waals surface area contributed by atoms with E-state index in [9.17, 15) is 4.79 Å². The summed E-state index contributed by atoms with van der Waals surface area (Å²) in [5.74, 6) is 2.46. The molecule has 1 heterocycles. The van der Waals surface area contributed by atoms with Gasteiger partial charge in [-0.2, -0.15) is 0 Å². The fourth-order valence-electron chi connectivity index (χ4n) is 4.54. The fraction of sp³-hybridized carbons (Fsp3) is 0.706. The van der Waals surface area contributed by atoms with Crippen molar-refractivity contribution in [2.45, 2.75) is 57.8 Å². The van der Waals surface area contributed by atoms with E-state index >= 15 is 0 Å². The molecule has 4 rings (SSSR count). The summed E-state index contributed by atoms with van der Waals surface area (Å²) >= 11 is 1.82. The van der Waals surface area contributed by atoms with Crippen molar-refractivity contribution in [3.63, 3.8) is 0 Å². The van der Waals surface area contributed by atoms with Gasteiger partial charge in [0, 0.05) is 10.8 Å². The van der Waals surface area contributed by atoms with Crippen LogP contribution in [0.3, 0.4) is 0 Å². The quantitative estimate of drug-likeness (QED) is 0.567. The standard InChI is InChI=1S/C17H22OS/c18-17(14-9-11-6-7-12(14)8-11)16-10-13-4-2-1-3-5-15(13)19-16/h10-12,14H,1-9H2. The van der Waals surface area contributed by atoms with E-state index in [2.05, 4.69) is 6.07 Å². The number of hydrogen-bond donors (Lipinski definition) is 0. The van der Waals surface area contributed by atoms with Gasteiger partial charge in [0.05, 0.1) is 4.88 Å². The predicted octanol–water partition coefficient (Wildman–Crippen LogP) is 4.64. The third kappa shape index (κ3) is 2.08. The molecule has 102 valence electrons. The number of rotatable bonds is 2. The van der Waals surface area contributed by atoms with Gasteiger partial charge in [0.15, 0.2) is 5.78 Å². The highest BCUT2D eigenvalue weighted by Gasteiger charge is 2.43. The molecule has 0 aromatic carbocycles. The Morgan fingerprint density at radius 1 is 1.11 bits per heavy atom. The SMILES string of the molecule is O=C(c1cc2c(s1)CCCCC2)C1CC2CCC1C2. The van der Waals surface area contributed by atoms with Crippen LogP contribution in [0.1, 0.15) is 65.1 Å². The summed E-state index contributed by atoms with van der Waals surface area (Å²) in [7, 11) is 0. The maximum Gasteiger partial charge on any atom is 0.176 e. The highest BCUT2D eigenvalue weighted by atomic mass is 32.1. The van der Waals surface area contributed by atoms with Crippen LogP contribution in [0.4, 0.5) is 0 Å². The largest absolute Gasteiger partial charge is 0.293 e. The number of thiophene rings is 1. The number of fused-ring (bicyclic) bond motifs is 3.